The topological polar surface area (TPSA) is 52.0 Å². The van der Waals surface area contributed by atoms with Crippen molar-refractivity contribution in [2.75, 3.05) is 19.8 Å². The minimum absolute atomic E-state index is 0.0334. The summed E-state index contributed by atoms with van der Waals surface area (Å²) in [5.74, 6) is 0. The van der Waals surface area contributed by atoms with E-state index >= 15 is 0 Å². The van der Waals surface area contributed by atoms with E-state index in [0.29, 0.717) is 0 Å². The van der Waals surface area contributed by atoms with Crippen LogP contribution in [0.15, 0.2) is 30.5 Å². The Morgan fingerprint density at radius 3 is 2.56 bits per heavy atom. The Hall–Kier alpha value is -1.72. The average Bonchev–Trinajstić information content (AvgIpc) is 3.05. The summed E-state index contributed by atoms with van der Waals surface area (Å²) in [7, 11) is 0. The molecule has 1 aromatic heterocycles. The first-order chi connectivity index (χ1) is 11.9. The van der Waals surface area contributed by atoms with Crippen molar-refractivity contribution in [3.63, 3.8) is 0 Å². The highest BCUT2D eigenvalue weighted by Gasteiger charge is 2.35. The molecular formula is C20H30N4O. The van der Waals surface area contributed by atoms with Crippen LogP contribution in [-0.2, 0) is 22.2 Å². The molecule has 0 atom stereocenters. The van der Waals surface area contributed by atoms with Gasteiger partial charge in [0.05, 0.1) is 17.4 Å². The first kappa shape index (κ1) is 18.1. The lowest BCUT2D eigenvalue weighted by atomic mass is 9.72. The van der Waals surface area contributed by atoms with Crippen molar-refractivity contribution in [2.24, 2.45) is 0 Å². The highest BCUT2D eigenvalue weighted by atomic mass is 16.5. The van der Waals surface area contributed by atoms with E-state index in [-0.39, 0.29) is 11.0 Å². The number of benzene rings is 1. The Labute approximate surface area is 150 Å². The number of aryl methyl sites for hydroxylation is 1. The third-order valence-electron chi connectivity index (χ3n) is 5.16. The fraction of sp³-hybridized carbons (Fsp3) is 0.600. The minimum atomic E-state index is -0.0334. The zero-order valence-corrected chi connectivity index (χ0v) is 15.9. The van der Waals surface area contributed by atoms with E-state index in [1.807, 2.05) is 10.9 Å². The summed E-state index contributed by atoms with van der Waals surface area (Å²) in [4.78, 5) is 0. The van der Waals surface area contributed by atoms with Crippen LogP contribution in [0.4, 0.5) is 0 Å². The minimum Gasteiger partial charge on any atom is -0.381 e. The number of ether oxygens (including phenoxy) is 1. The molecule has 1 aromatic carbocycles. The summed E-state index contributed by atoms with van der Waals surface area (Å²) >= 11 is 0. The van der Waals surface area contributed by atoms with Gasteiger partial charge in [-0.2, -0.15) is 0 Å². The van der Waals surface area contributed by atoms with Gasteiger partial charge in [0.25, 0.3) is 0 Å². The maximum absolute atomic E-state index is 5.64. The molecule has 1 N–H and O–H groups in total. The second-order valence-corrected chi connectivity index (χ2v) is 8.14. The van der Waals surface area contributed by atoms with Gasteiger partial charge in [-0.3, -0.25) is 0 Å². The predicted octanol–water partition coefficient (Wildman–Crippen LogP) is 3.18. The van der Waals surface area contributed by atoms with Crippen LogP contribution in [0, 0.1) is 6.92 Å². The SMILES string of the molecule is Cc1ccccc1C1(CNCc2cn(C(C)(C)C)nn2)CCOCC1. The van der Waals surface area contributed by atoms with E-state index in [0.717, 1.165) is 44.8 Å². The molecule has 2 heterocycles. The van der Waals surface area contributed by atoms with Crippen LogP contribution in [0.1, 0.15) is 50.4 Å². The highest BCUT2D eigenvalue weighted by molar-refractivity contribution is 5.34. The third kappa shape index (κ3) is 4.10. The summed E-state index contributed by atoms with van der Waals surface area (Å²) in [5.41, 5.74) is 3.91. The molecule has 1 fully saturated rings. The van der Waals surface area contributed by atoms with Gasteiger partial charge in [0, 0.05) is 31.7 Å². The summed E-state index contributed by atoms with van der Waals surface area (Å²) in [6, 6.07) is 8.75. The van der Waals surface area contributed by atoms with Crippen LogP contribution in [0.5, 0.6) is 0 Å². The Kier molecular flexibility index (Phi) is 5.25. The fourth-order valence-corrected chi connectivity index (χ4v) is 3.61. The van der Waals surface area contributed by atoms with Crippen molar-refractivity contribution >= 4 is 0 Å². The molecule has 0 aliphatic carbocycles. The van der Waals surface area contributed by atoms with Crippen molar-refractivity contribution in [3.8, 4) is 0 Å². The quantitative estimate of drug-likeness (QED) is 0.907. The van der Waals surface area contributed by atoms with E-state index in [1.54, 1.807) is 0 Å². The van der Waals surface area contributed by atoms with Gasteiger partial charge >= 0.3 is 0 Å². The molecule has 2 aromatic rings. The van der Waals surface area contributed by atoms with E-state index in [1.165, 1.54) is 11.1 Å². The van der Waals surface area contributed by atoms with Gasteiger partial charge < -0.3 is 10.1 Å². The lowest BCUT2D eigenvalue weighted by Crippen LogP contribution is -2.43. The molecule has 1 aliphatic rings. The van der Waals surface area contributed by atoms with Gasteiger partial charge in [-0.25, -0.2) is 4.68 Å². The number of rotatable bonds is 5. The lowest BCUT2D eigenvalue weighted by Gasteiger charge is -2.39. The molecule has 1 aliphatic heterocycles. The van der Waals surface area contributed by atoms with Crippen molar-refractivity contribution in [1.29, 1.82) is 0 Å². The number of aromatic nitrogens is 3. The Bertz CT molecular complexity index is 696. The zero-order valence-electron chi connectivity index (χ0n) is 15.9. The van der Waals surface area contributed by atoms with E-state index in [2.05, 4.69) is 67.6 Å². The number of hydrogen-bond donors (Lipinski definition) is 1. The van der Waals surface area contributed by atoms with E-state index in [9.17, 15) is 0 Å². The molecule has 0 saturated carbocycles. The van der Waals surface area contributed by atoms with Gasteiger partial charge in [-0.05, 0) is 51.7 Å². The lowest BCUT2D eigenvalue weighted by molar-refractivity contribution is 0.0495. The first-order valence-corrected chi connectivity index (χ1v) is 9.17. The van der Waals surface area contributed by atoms with Crippen molar-refractivity contribution in [3.05, 3.63) is 47.3 Å². The zero-order chi connectivity index (χ0) is 17.9. The standard InChI is InChI=1S/C20H30N4O/c1-16-7-5-6-8-18(16)20(9-11-25-12-10-20)15-21-13-17-14-24(23-22-17)19(2,3)4/h5-8,14,21H,9-13,15H2,1-4H3. The Morgan fingerprint density at radius 1 is 1.20 bits per heavy atom. The molecule has 25 heavy (non-hydrogen) atoms. The molecule has 1 saturated heterocycles. The van der Waals surface area contributed by atoms with Crippen LogP contribution in [-0.4, -0.2) is 34.8 Å². The molecule has 0 amide bonds. The van der Waals surface area contributed by atoms with Crippen LogP contribution >= 0.6 is 0 Å². The Balaban J connectivity index is 1.70. The predicted molar refractivity (Wildman–Crippen MR) is 99.6 cm³/mol. The number of hydrogen-bond acceptors (Lipinski definition) is 4. The molecule has 5 heteroatoms. The third-order valence-corrected chi connectivity index (χ3v) is 5.16. The van der Waals surface area contributed by atoms with Gasteiger partial charge in [0.15, 0.2) is 0 Å². The monoisotopic (exact) mass is 342 g/mol. The molecule has 0 unspecified atom stereocenters. The van der Waals surface area contributed by atoms with Gasteiger partial charge in [0.2, 0.25) is 0 Å². The van der Waals surface area contributed by atoms with Crippen LogP contribution in [0.3, 0.4) is 0 Å². The van der Waals surface area contributed by atoms with Gasteiger partial charge in [0.1, 0.15) is 0 Å². The Morgan fingerprint density at radius 2 is 1.92 bits per heavy atom. The molecule has 0 bridgehead atoms. The normalized spacial score (nSPS) is 17.6. The summed E-state index contributed by atoms with van der Waals surface area (Å²) in [6.07, 6.45) is 4.15. The van der Waals surface area contributed by atoms with Crippen molar-refractivity contribution in [2.45, 2.75) is 58.0 Å². The summed E-state index contributed by atoms with van der Waals surface area (Å²) < 4.78 is 7.56. The maximum Gasteiger partial charge on any atom is 0.0965 e. The maximum atomic E-state index is 5.64. The molecule has 3 rings (SSSR count). The second-order valence-electron chi connectivity index (χ2n) is 8.14. The largest absolute Gasteiger partial charge is 0.381 e. The van der Waals surface area contributed by atoms with E-state index in [4.69, 9.17) is 4.74 Å². The van der Waals surface area contributed by atoms with E-state index < -0.39 is 0 Å². The number of nitrogens with zero attached hydrogens (tertiary/aromatic N) is 3. The summed E-state index contributed by atoms with van der Waals surface area (Å²) in [6.45, 7) is 11.9. The van der Waals surface area contributed by atoms with Crippen LogP contribution < -0.4 is 5.32 Å². The fourth-order valence-electron chi connectivity index (χ4n) is 3.61. The van der Waals surface area contributed by atoms with Crippen molar-refractivity contribution in [1.82, 2.24) is 20.3 Å². The molecule has 136 valence electrons. The van der Waals surface area contributed by atoms with Crippen molar-refractivity contribution < 1.29 is 4.74 Å². The second kappa shape index (κ2) is 7.26. The smallest absolute Gasteiger partial charge is 0.0965 e. The first-order valence-electron chi connectivity index (χ1n) is 9.17. The highest BCUT2D eigenvalue weighted by Crippen LogP contribution is 2.36. The molecule has 5 nitrogen and oxygen atoms in total. The van der Waals surface area contributed by atoms with Crippen LogP contribution in [0.25, 0.3) is 0 Å². The molecular weight excluding hydrogens is 312 g/mol. The molecule has 0 radical (unpaired) electrons. The number of nitrogens with one attached hydrogen (secondary N) is 1. The molecule has 0 spiro atoms. The average molecular weight is 342 g/mol. The van der Waals surface area contributed by atoms with Gasteiger partial charge in [-0.15, -0.1) is 5.10 Å². The van der Waals surface area contributed by atoms with Gasteiger partial charge in [-0.1, -0.05) is 29.5 Å². The summed E-state index contributed by atoms with van der Waals surface area (Å²) in [5, 5.41) is 12.2. The van der Waals surface area contributed by atoms with Crippen LogP contribution in [0.2, 0.25) is 0 Å².